The van der Waals surface area contributed by atoms with Crippen LogP contribution in [0.15, 0.2) is 24.5 Å². The number of rotatable bonds is 1. The van der Waals surface area contributed by atoms with Crippen molar-refractivity contribution in [3.63, 3.8) is 0 Å². The zero-order valence-corrected chi connectivity index (χ0v) is 6.30. The molecule has 10 heavy (non-hydrogen) atoms. The van der Waals surface area contributed by atoms with Crippen LogP contribution >= 0.6 is 0 Å². The summed E-state index contributed by atoms with van der Waals surface area (Å²) in [5, 5.41) is 8.34. The second kappa shape index (κ2) is 4.05. The Kier molecular flexibility index (Phi) is 3.70. The molecule has 0 aromatic carbocycles. The molecule has 0 aliphatic carbocycles. The predicted molar refractivity (Wildman–Crippen MR) is 31.2 cm³/mol. The number of carboxylic acid groups (broad SMARTS) is 1. The normalized spacial score (nSPS) is 8.00. The van der Waals surface area contributed by atoms with Crippen LogP contribution in [0, 0.1) is 0 Å². The van der Waals surface area contributed by atoms with Crippen molar-refractivity contribution in [1.29, 1.82) is 0 Å². The summed E-state index contributed by atoms with van der Waals surface area (Å²) in [6.07, 6.45) is 2.84. The molecule has 4 heteroatoms. The van der Waals surface area contributed by atoms with Crippen LogP contribution in [0.3, 0.4) is 0 Å². The fraction of sp³-hybridized carbons (Fsp3) is 0. The molecule has 0 spiro atoms. The molecule has 1 N–H and O–H groups in total. The first-order valence-corrected chi connectivity index (χ1v) is 2.44. The summed E-state index contributed by atoms with van der Waals surface area (Å²) in [7, 11) is 0. The number of nitrogens with zero attached hydrogens (tertiary/aromatic N) is 1. The van der Waals surface area contributed by atoms with E-state index in [1.54, 1.807) is 6.07 Å². The van der Waals surface area contributed by atoms with Gasteiger partial charge in [-0.1, -0.05) is 0 Å². The van der Waals surface area contributed by atoms with E-state index in [-0.39, 0.29) is 22.9 Å². The van der Waals surface area contributed by atoms with Gasteiger partial charge in [-0.25, -0.2) is 4.79 Å². The quantitative estimate of drug-likeness (QED) is 0.686. The maximum atomic E-state index is 10.2. The molecule has 1 heterocycles. The number of aromatic carboxylic acids is 1. The minimum absolute atomic E-state index is 0. The van der Waals surface area contributed by atoms with Crippen molar-refractivity contribution in [3.8, 4) is 0 Å². The number of hydrogen-bond acceptors (Lipinski definition) is 2. The van der Waals surface area contributed by atoms with Crippen LogP contribution in [0.2, 0.25) is 0 Å². The minimum Gasteiger partial charge on any atom is -0.478 e. The molecule has 3 nitrogen and oxygen atoms in total. The largest absolute Gasteiger partial charge is 3.00 e. The van der Waals surface area contributed by atoms with Gasteiger partial charge in [0, 0.05) is 12.4 Å². The van der Waals surface area contributed by atoms with Gasteiger partial charge in [-0.15, -0.1) is 0 Å². The molecule has 0 amide bonds. The molecule has 0 aliphatic rings. The molecular weight excluding hydrogens is 170 g/mol. The first kappa shape index (κ1) is 9.15. The zero-order valence-electron chi connectivity index (χ0n) is 5.02. The van der Waals surface area contributed by atoms with Crippen molar-refractivity contribution in [2.24, 2.45) is 0 Å². The molecule has 0 bridgehead atoms. The Hall–Kier alpha value is -0.848. The molecule has 1 aromatic rings. The summed E-state index contributed by atoms with van der Waals surface area (Å²) >= 11 is 0. The van der Waals surface area contributed by atoms with Gasteiger partial charge in [0.15, 0.2) is 0 Å². The van der Waals surface area contributed by atoms with Gasteiger partial charge >= 0.3 is 23.3 Å². The predicted octanol–water partition coefficient (Wildman–Crippen LogP) is 0.777. The van der Waals surface area contributed by atoms with E-state index in [1.165, 1.54) is 18.5 Å². The monoisotopic (exact) mass is 175 g/mol. The Bertz CT molecular complexity index is 212. The average Bonchev–Trinajstić information content (AvgIpc) is 1.90. The number of pyridine rings is 1. The second-order valence-corrected chi connectivity index (χ2v) is 1.55. The molecule has 0 fully saturated rings. The average molecular weight is 175 g/mol. The van der Waals surface area contributed by atoms with Crippen LogP contribution in [-0.4, -0.2) is 16.1 Å². The molecule has 1 aromatic heterocycles. The molecule has 0 saturated heterocycles. The Balaban J connectivity index is 0.000000810. The van der Waals surface area contributed by atoms with Gasteiger partial charge in [-0.05, 0) is 12.1 Å². The molecule has 49 valence electrons. The van der Waals surface area contributed by atoms with Crippen molar-refractivity contribution >= 4 is 5.97 Å². The Labute approximate surface area is 68.8 Å². The van der Waals surface area contributed by atoms with Crippen molar-refractivity contribution in [2.45, 2.75) is 0 Å². The molecule has 1 rings (SSSR count). The standard InChI is InChI=1S/C6H5NO2.Cr/c8-6(9)5-2-1-3-7-4-5;/h1-4H,(H,8,9);/q;+3. The van der Waals surface area contributed by atoms with Gasteiger partial charge < -0.3 is 5.11 Å². The molecule has 0 aliphatic heterocycles. The Morgan fingerprint density at radius 2 is 2.30 bits per heavy atom. The van der Waals surface area contributed by atoms with Crippen LogP contribution in [0.5, 0.6) is 0 Å². The molecule has 1 radical (unpaired) electrons. The molecule has 0 unspecified atom stereocenters. The minimum atomic E-state index is -0.942. The summed E-state index contributed by atoms with van der Waals surface area (Å²) < 4.78 is 0. The van der Waals surface area contributed by atoms with E-state index < -0.39 is 5.97 Å². The fourth-order valence-electron chi connectivity index (χ4n) is 0.489. The van der Waals surface area contributed by atoms with E-state index in [0.717, 1.165) is 0 Å². The van der Waals surface area contributed by atoms with Crippen molar-refractivity contribution in [1.82, 2.24) is 4.98 Å². The Morgan fingerprint density at radius 1 is 1.60 bits per heavy atom. The van der Waals surface area contributed by atoms with E-state index in [1.807, 2.05) is 0 Å². The third-order valence-corrected chi connectivity index (χ3v) is 0.908. The number of aromatic nitrogens is 1. The maximum Gasteiger partial charge on any atom is 3.00 e. The van der Waals surface area contributed by atoms with E-state index in [4.69, 9.17) is 5.11 Å². The first-order valence-electron chi connectivity index (χ1n) is 2.44. The summed E-state index contributed by atoms with van der Waals surface area (Å²) in [4.78, 5) is 13.8. The van der Waals surface area contributed by atoms with Crippen molar-refractivity contribution in [2.75, 3.05) is 0 Å². The van der Waals surface area contributed by atoms with E-state index >= 15 is 0 Å². The zero-order chi connectivity index (χ0) is 6.69. The van der Waals surface area contributed by atoms with E-state index in [2.05, 4.69) is 4.98 Å². The smallest absolute Gasteiger partial charge is 0.478 e. The van der Waals surface area contributed by atoms with Gasteiger partial charge in [-0.3, -0.25) is 4.98 Å². The molecule has 0 saturated carbocycles. The van der Waals surface area contributed by atoms with Gasteiger partial charge in [0.2, 0.25) is 0 Å². The van der Waals surface area contributed by atoms with Crippen LogP contribution in [0.4, 0.5) is 0 Å². The summed E-state index contributed by atoms with van der Waals surface area (Å²) in [5.41, 5.74) is 0.220. The summed E-state index contributed by atoms with van der Waals surface area (Å²) in [6, 6.07) is 3.08. The number of carbonyl (C=O) groups is 1. The van der Waals surface area contributed by atoms with Crippen LogP contribution in [0.25, 0.3) is 0 Å². The second-order valence-electron chi connectivity index (χ2n) is 1.55. The maximum absolute atomic E-state index is 10.2. The first-order chi connectivity index (χ1) is 4.30. The Morgan fingerprint density at radius 3 is 2.60 bits per heavy atom. The number of carboxylic acids is 1. The molecular formula is C6H5CrNO2+3. The van der Waals surface area contributed by atoms with Gasteiger partial charge in [0.05, 0.1) is 5.56 Å². The van der Waals surface area contributed by atoms with Crippen LogP contribution in [0.1, 0.15) is 10.4 Å². The van der Waals surface area contributed by atoms with Crippen molar-refractivity contribution < 1.29 is 27.3 Å². The topological polar surface area (TPSA) is 50.2 Å². The number of hydrogen-bond donors (Lipinski definition) is 1. The van der Waals surface area contributed by atoms with Crippen LogP contribution in [-0.2, 0) is 17.4 Å². The third kappa shape index (κ3) is 2.18. The van der Waals surface area contributed by atoms with Gasteiger partial charge in [0.25, 0.3) is 0 Å². The molecule has 0 atom stereocenters. The van der Waals surface area contributed by atoms with Crippen LogP contribution < -0.4 is 0 Å². The van der Waals surface area contributed by atoms with E-state index in [0.29, 0.717) is 0 Å². The van der Waals surface area contributed by atoms with Crippen molar-refractivity contribution in [3.05, 3.63) is 30.1 Å². The van der Waals surface area contributed by atoms with Gasteiger partial charge in [0.1, 0.15) is 0 Å². The van der Waals surface area contributed by atoms with Gasteiger partial charge in [-0.2, -0.15) is 0 Å². The van der Waals surface area contributed by atoms with E-state index in [9.17, 15) is 4.79 Å². The fourth-order valence-corrected chi connectivity index (χ4v) is 0.489. The summed E-state index contributed by atoms with van der Waals surface area (Å²) in [5.74, 6) is -0.942. The SMILES string of the molecule is O=C(O)c1cccnc1.[Cr+3]. The summed E-state index contributed by atoms with van der Waals surface area (Å²) in [6.45, 7) is 0. The third-order valence-electron chi connectivity index (χ3n) is 0.908.